The third kappa shape index (κ3) is 4.59. The zero-order valence-electron chi connectivity index (χ0n) is 20.8. The largest absolute Gasteiger partial charge is 0.486 e. The third-order valence-corrected chi connectivity index (χ3v) is 7.73. The minimum atomic E-state index is -0.0956. The maximum Gasteiger partial charge on any atom is 0.252 e. The molecular weight excluding hydrogens is 460 g/mol. The normalized spacial score (nSPS) is 21.0. The molecule has 1 aromatic carbocycles. The van der Waals surface area contributed by atoms with Crippen molar-refractivity contribution in [2.24, 2.45) is 0 Å². The summed E-state index contributed by atoms with van der Waals surface area (Å²) >= 11 is 0. The van der Waals surface area contributed by atoms with Crippen molar-refractivity contribution in [2.75, 3.05) is 26.4 Å². The summed E-state index contributed by atoms with van der Waals surface area (Å²) in [6, 6.07) is 6.11. The summed E-state index contributed by atoms with van der Waals surface area (Å²) in [4.78, 5) is 18.6. The monoisotopic (exact) mass is 494 g/mol. The first-order valence-electron chi connectivity index (χ1n) is 13.3. The number of hydrogen-bond donors (Lipinski definition) is 1. The summed E-state index contributed by atoms with van der Waals surface area (Å²) in [5.41, 5.74) is 1.35. The molecule has 0 bridgehead atoms. The maximum absolute atomic E-state index is 13.2. The Balaban J connectivity index is 1.34. The number of nitrogens with zero attached hydrogens (tertiary/aromatic N) is 5. The van der Waals surface area contributed by atoms with Gasteiger partial charge in [0.2, 0.25) is 0 Å². The van der Waals surface area contributed by atoms with Gasteiger partial charge in [0.05, 0.1) is 23.7 Å². The van der Waals surface area contributed by atoms with Gasteiger partial charge in [0.1, 0.15) is 13.2 Å². The molecule has 1 saturated carbocycles. The highest BCUT2D eigenvalue weighted by molar-refractivity contribution is 5.83. The highest BCUT2D eigenvalue weighted by atomic mass is 16.6. The van der Waals surface area contributed by atoms with E-state index in [9.17, 15) is 4.79 Å². The number of aromatic nitrogens is 5. The summed E-state index contributed by atoms with van der Waals surface area (Å²) in [7, 11) is 0. The van der Waals surface area contributed by atoms with E-state index in [1.54, 1.807) is 0 Å². The number of H-pyrrole nitrogens is 1. The van der Waals surface area contributed by atoms with Gasteiger partial charge in [-0.2, -0.15) is 0 Å². The predicted octanol–water partition coefficient (Wildman–Crippen LogP) is 3.53. The Morgan fingerprint density at radius 3 is 2.64 bits per heavy atom. The first-order chi connectivity index (χ1) is 17.7. The first kappa shape index (κ1) is 23.4. The lowest BCUT2D eigenvalue weighted by Gasteiger charge is -2.32. The molecule has 36 heavy (non-hydrogen) atoms. The SMILES string of the molecule is CC[C@H](c1nnnn1C1CCCC1)N(Cc1cc2cc3c(cc2[nH]c1=O)OCCO3)C[C@H]1CCCO1. The average Bonchev–Trinajstić information content (AvgIpc) is 3.67. The third-order valence-electron chi connectivity index (χ3n) is 7.73. The molecule has 0 radical (unpaired) electrons. The van der Waals surface area contributed by atoms with E-state index >= 15 is 0 Å². The number of ether oxygens (including phenoxy) is 3. The lowest BCUT2D eigenvalue weighted by Crippen LogP contribution is -2.38. The van der Waals surface area contributed by atoms with E-state index in [0.29, 0.717) is 42.9 Å². The van der Waals surface area contributed by atoms with Crippen LogP contribution in [0.3, 0.4) is 0 Å². The van der Waals surface area contributed by atoms with Gasteiger partial charge in [0.25, 0.3) is 5.56 Å². The van der Waals surface area contributed by atoms with Gasteiger partial charge in [-0.3, -0.25) is 9.69 Å². The van der Waals surface area contributed by atoms with Crippen LogP contribution in [0, 0.1) is 0 Å². The molecule has 3 aliphatic rings. The summed E-state index contributed by atoms with van der Waals surface area (Å²) in [6.07, 6.45) is 7.73. The molecule has 4 heterocycles. The Morgan fingerprint density at radius 1 is 1.08 bits per heavy atom. The molecule has 2 fully saturated rings. The second-order valence-corrected chi connectivity index (χ2v) is 10.1. The zero-order chi connectivity index (χ0) is 24.5. The summed E-state index contributed by atoms with van der Waals surface area (Å²) in [6.45, 7) is 5.20. The van der Waals surface area contributed by atoms with Crippen LogP contribution in [0.15, 0.2) is 23.0 Å². The molecular formula is C26H34N6O4. The molecule has 2 aromatic heterocycles. The van der Waals surface area contributed by atoms with E-state index in [-0.39, 0.29) is 17.7 Å². The zero-order valence-corrected chi connectivity index (χ0v) is 20.8. The summed E-state index contributed by atoms with van der Waals surface area (Å²) in [5, 5.41) is 13.9. The van der Waals surface area contributed by atoms with Crippen LogP contribution in [-0.4, -0.2) is 62.6 Å². The molecule has 0 unspecified atom stereocenters. The molecule has 1 aliphatic carbocycles. The molecule has 0 spiro atoms. The number of fused-ring (bicyclic) bond motifs is 2. The fraction of sp³-hybridized carbons (Fsp3) is 0.615. The fourth-order valence-electron chi connectivity index (χ4n) is 5.91. The second kappa shape index (κ2) is 10.2. The van der Waals surface area contributed by atoms with Crippen molar-refractivity contribution < 1.29 is 14.2 Å². The van der Waals surface area contributed by atoms with Crippen molar-refractivity contribution in [2.45, 2.75) is 76.6 Å². The fourth-order valence-corrected chi connectivity index (χ4v) is 5.91. The van der Waals surface area contributed by atoms with Gasteiger partial charge in [-0.25, -0.2) is 4.68 Å². The molecule has 2 atom stereocenters. The summed E-state index contributed by atoms with van der Waals surface area (Å²) in [5.74, 6) is 2.27. The van der Waals surface area contributed by atoms with E-state index in [4.69, 9.17) is 14.2 Å². The van der Waals surface area contributed by atoms with Gasteiger partial charge < -0.3 is 19.2 Å². The van der Waals surface area contributed by atoms with Crippen molar-refractivity contribution in [1.82, 2.24) is 30.1 Å². The number of benzene rings is 1. The highest BCUT2D eigenvalue weighted by Gasteiger charge is 2.32. The van der Waals surface area contributed by atoms with Gasteiger partial charge in [-0.05, 0) is 54.7 Å². The maximum atomic E-state index is 13.2. The van der Waals surface area contributed by atoms with Crippen LogP contribution in [0.25, 0.3) is 10.9 Å². The van der Waals surface area contributed by atoms with Crippen molar-refractivity contribution in [3.8, 4) is 11.5 Å². The minimum Gasteiger partial charge on any atom is -0.486 e. The predicted molar refractivity (Wildman–Crippen MR) is 133 cm³/mol. The second-order valence-electron chi connectivity index (χ2n) is 10.1. The van der Waals surface area contributed by atoms with Crippen LogP contribution in [-0.2, 0) is 11.3 Å². The van der Waals surface area contributed by atoms with E-state index in [2.05, 4.69) is 32.3 Å². The van der Waals surface area contributed by atoms with E-state index in [1.807, 2.05) is 22.9 Å². The van der Waals surface area contributed by atoms with Crippen molar-refractivity contribution in [1.29, 1.82) is 0 Å². The molecule has 192 valence electrons. The van der Waals surface area contributed by atoms with Crippen LogP contribution in [0.1, 0.15) is 75.3 Å². The number of aromatic amines is 1. The van der Waals surface area contributed by atoms with Gasteiger partial charge >= 0.3 is 0 Å². The Kier molecular flexibility index (Phi) is 6.62. The Hall–Kier alpha value is -2.98. The molecule has 10 nitrogen and oxygen atoms in total. The number of nitrogens with one attached hydrogen (secondary N) is 1. The number of rotatable bonds is 8. The Morgan fingerprint density at radius 2 is 1.89 bits per heavy atom. The van der Waals surface area contributed by atoms with Crippen LogP contribution >= 0.6 is 0 Å². The van der Waals surface area contributed by atoms with Crippen LogP contribution in [0.4, 0.5) is 0 Å². The lowest BCUT2D eigenvalue weighted by atomic mass is 10.1. The van der Waals surface area contributed by atoms with Gasteiger partial charge in [-0.15, -0.1) is 5.10 Å². The number of tetrazole rings is 1. The van der Waals surface area contributed by atoms with Crippen LogP contribution in [0.2, 0.25) is 0 Å². The lowest BCUT2D eigenvalue weighted by molar-refractivity contribution is 0.0484. The minimum absolute atomic E-state index is 0.0137. The molecule has 3 aromatic rings. The summed E-state index contributed by atoms with van der Waals surface area (Å²) < 4.78 is 19.5. The van der Waals surface area contributed by atoms with E-state index in [0.717, 1.165) is 62.0 Å². The Labute approximate surface area is 209 Å². The average molecular weight is 495 g/mol. The van der Waals surface area contributed by atoms with Gasteiger partial charge in [0, 0.05) is 36.7 Å². The van der Waals surface area contributed by atoms with Gasteiger partial charge in [0.15, 0.2) is 17.3 Å². The topological polar surface area (TPSA) is 107 Å². The van der Waals surface area contributed by atoms with Crippen molar-refractivity contribution in [3.63, 3.8) is 0 Å². The van der Waals surface area contributed by atoms with Crippen LogP contribution in [0.5, 0.6) is 11.5 Å². The van der Waals surface area contributed by atoms with E-state index in [1.165, 1.54) is 12.8 Å². The first-order valence-corrected chi connectivity index (χ1v) is 13.3. The number of pyridine rings is 1. The van der Waals surface area contributed by atoms with Gasteiger partial charge in [-0.1, -0.05) is 19.8 Å². The quantitative estimate of drug-likeness (QED) is 0.507. The smallest absolute Gasteiger partial charge is 0.252 e. The highest BCUT2D eigenvalue weighted by Crippen LogP contribution is 2.35. The molecule has 10 heteroatoms. The molecule has 0 amide bonds. The van der Waals surface area contributed by atoms with Crippen LogP contribution < -0.4 is 15.0 Å². The van der Waals surface area contributed by atoms with Crippen molar-refractivity contribution >= 4 is 10.9 Å². The molecule has 2 aliphatic heterocycles. The molecule has 1 N–H and O–H groups in total. The Bertz CT molecular complexity index is 1260. The molecule has 6 rings (SSSR count). The van der Waals surface area contributed by atoms with Crippen molar-refractivity contribution in [3.05, 3.63) is 39.9 Å². The standard InChI is InChI=1S/C26H34N6O4/c1-2-22(25-28-29-30-32(25)19-6-3-4-7-19)31(16-20-8-5-9-34-20)15-18-12-17-13-23-24(36-11-10-35-23)14-21(17)27-26(18)33/h12-14,19-20,22H,2-11,15-16H2,1H3,(H,27,33)/t20-,22-/m1/s1. The van der Waals surface area contributed by atoms with E-state index < -0.39 is 0 Å². The molecule has 1 saturated heterocycles. The number of hydrogen-bond acceptors (Lipinski definition) is 8.